The third-order valence-corrected chi connectivity index (χ3v) is 5.40. The minimum atomic E-state index is -0.955. The summed E-state index contributed by atoms with van der Waals surface area (Å²) >= 11 is 1.37. The first kappa shape index (κ1) is 18.5. The molecule has 0 radical (unpaired) electrons. The van der Waals surface area contributed by atoms with Crippen molar-refractivity contribution in [2.24, 2.45) is 0 Å². The van der Waals surface area contributed by atoms with E-state index in [0.29, 0.717) is 10.6 Å². The fourth-order valence-corrected chi connectivity index (χ4v) is 4.21. The first-order valence-corrected chi connectivity index (χ1v) is 9.08. The summed E-state index contributed by atoms with van der Waals surface area (Å²) < 4.78 is 4.89. The summed E-state index contributed by atoms with van der Waals surface area (Å²) in [5.41, 5.74) is 0.842. The molecule has 2 aromatic rings. The average Bonchev–Trinajstić information content (AvgIpc) is 3.02. The Bertz CT molecular complexity index is 960. The number of nitro groups is 1. The van der Waals surface area contributed by atoms with E-state index in [1.807, 2.05) is 0 Å². The Morgan fingerprint density at radius 1 is 1.30 bits per heavy atom. The molecule has 9 heteroatoms. The number of esters is 1. The molecule has 0 saturated heterocycles. The van der Waals surface area contributed by atoms with Crippen molar-refractivity contribution in [2.45, 2.75) is 25.7 Å². The molecule has 0 bridgehead atoms. The van der Waals surface area contributed by atoms with Gasteiger partial charge in [0.25, 0.3) is 11.6 Å². The highest BCUT2D eigenvalue weighted by Crippen LogP contribution is 2.37. The lowest BCUT2D eigenvalue weighted by Gasteiger charge is -2.09. The summed E-state index contributed by atoms with van der Waals surface area (Å²) in [6.45, 7) is -0.599. The number of carbonyl (C=O) groups is 2. The van der Waals surface area contributed by atoms with Gasteiger partial charge in [-0.2, -0.15) is 5.26 Å². The Morgan fingerprint density at radius 2 is 2.04 bits per heavy atom. The molecule has 1 aliphatic rings. The predicted molar refractivity (Wildman–Crippen MR) is 97.7 cm³/mol. The van der Waals surface area contributed by atoms with Crippen LogP contribution in [0.4, 0.5) is 10.7 Å². The van der Waals surface area contributed by atoms with Gasteiger partial charge in [0, 0.05) is 10.9 Å². The van der Waals surface area contributed by atoms with Crippen molar-refractivity contribution in [2.75, 3.05) is 11.9 Å². The van der Waals surface area contributed by atoms with Crippen molar-refractivity contribution in [3.8, 4) is 6.07 Å². The quantitative estimate of drug-likeness (QED) is 0.479. The van der Waals surface area contributed by atoms with E-state index in [2.05, 4.69) is 11.4 Å². The maximum Gasteiger partial charge on any atom is 0.345 e. The highest BCUT2D eigenvalue weighted by Gasteiger charge is 2.23. The van der Waals surface area contributed by atoms with Gasteiger partial charge in [-0.3, -0.25) is 14.9 Å². The minimum Gasteiger partial charge on any atom is -0.452 e. The van der Waals surface area contributed by atoms with Crippen LogP contribution in [0.1, 0.15) is 39.2 Å². The van der Waals surface area contributed by atoms with E-state index >= 15 is 0 Å². The van der Waals surface area contributed by atoms with Gasteiger partial charge in [-0.05, 0) is 37.3 Å². The van der Waals surface area contributed by atoms with Gasteiger partial charge in [0.15, 0.2) is 6.61 Å². The van der Waals surface area contributed by atoms with Crippen LogP contribution in [0, 0.1) is 21.4 Å². The Morgan fingerprint density at radius 3 is 2.78 bits per heavy atom. The van der Waals surface area contributed by atoms with E-state index in [9.17, 15) is 25.0 Å². The number of para-hydroxylation sites is 1. The summed E-state index contributed by atoms with van der Waals surface area (Å²) in [4.78, 5) is 35.6. The number of rotatable bonds is 5. The molecule has 0 unspecified atom stereocenters. The van der Waals surface area contributed by atoms with Gasteiger partial charge in [-0.25, -0.2) is 4.79 Å². The molecule has 138 valence electrons. The van der Waals surface area contributed by atoms with Crippen LogP contribution in [0.2, 0.25) is 0 Å². The number of nitro benzene ring substituents is 1. The molecule has 0 spiro atoms. The Kier molecular flexibility index (Phi) is 5.47. The monoisotopic (exact) mass is 385 g/mol. The van der Waals surface area contributed by atoms with Gasteiger partial charge in [-0.15, -0.1) is 11.3 Å². The van der Waals surface area contributed by atoms with Crippen LogP contribution in [0.5, 0.6) is 0 Å². The zero-order valence-corrected chi connectivity index (χ0v) is 15.0. The first-order valence-electron chi connectivity index (χ1n) is 8.26. The Labute approximate surface area is 158 Å². The number of thiophene rings is 1. The van der Waals surface area contributed by atoms with Gasteiger partial charge < -0.3 is 10.1 Å². The molecule has 27 heavy (non-hydrogen) atoms. The van der Waals surface area contributed by atoms with Crippen LogP contribution >= 0.6 is 11.3 Å². The van der Waals surface area contributed by atoms with Crippen LogP contribution in [0.25, 0.3) is 0 Å². The van der Waals surface area contributed by atoms with Crippen molar-refractivity contribution in [3.63, 3.8) is 0 Å². The molecule has 8 nitrogen and oxygen atoms in total. The standard InChI is InChI=1S/C18H15N3O5S/c19-9-13-11-5-2-4-8-15(11)27-17(13)20-16(22)10-26-18(23)12-6-1-3-7-14(12)21(24)25/h1,3,6-7H,2,4-5,8,10H2,(H,20,22). The van der Waals surface area contributed by atoms with E-state index in [1.54, 1.807) is 0 Å². The number of hydrogen-bond acceptors (Lipinski definition) is 7. The van der Waals surface area contributed by atoms with Gasteiger partial charge in [0.05, 0.1) is 10.5 Å². The number of hydrogen-bond donors (Lipinski definition) is 1. The number of nitrogens with one attached hydrogen (secondary N) is 1. The van der Waals surface area contributed by atoms with Crippen LogP contribution in [0.15, 0.2) is 24.3 Å². The molecule has 0 aliphatic heterocycles. The van der Waals surface area contributed by atoms with Crippen molar-refractivity contribution in [3.05, 3.63) is 55.9 Å². The molecule has 1 aromatic carbocycles. The molecule has 1 amide bonds. The lowest BCUT2D eigenvalue weighted by Crippen LogP contribution is -2.21. The van der Waals surface area contributed by atoms with Crippen molar-refractivity contribution < 1.29 is 19.2 Å². The number of aryl methyl sites for hydroxylation is 1. The Hall–Kier alpha value is -3.25. The number of fused-ring (bicyclic) bond motifs is 1. The molecule has 0 atom stereocenters. The van der Waals surface area contributed by atoms with E-state index in [1.165, 1.54) is 35.6 Å². The van der Waals surface area contributed by atoms with Crippen LogP contribution in [-0.4, -0.2) is 23.4 Å². The number of benzene rings is 1. The van der Waals surface area contributed by atoms with Gasteiger partial charge in [-0.1, -0.05) is 12.1 Å². The normalized spacial score (nSPS) is 12.6. The zero-order chi connectivity index (χ0) is 19.4. The van der Waals surface area contributed by atoms with Crippen LogP contribution in [-0.2, 0) is 22.4 Å². The second-order valence-corrected chi connectivity index (χ2v) is 7.03. The Balaban J connectivity index is 1.66. The third kappa shape index (κ3) is 3.96. The highest BCUT2D eigenvalue weighted by atomic mass is 32.1. The van der Waals surface area contributed by atoms with E-state index in [0.717, 1.165) is 36.1 Å². The molecule has 3 rings (SSSR count). The van der Waals surface area contributed by atoms with Crippen LogP contribution < -0.4 is 5.32 Å². The third-order valence-electron chi connectivity index (χ3n) is 4.19. The minimum absolute atomic E-state index is 0.223. The predicted octanol–water partition coefficient (Wildman–Crippen LogP) is 3.20. The zero-order valence-electron chi connectivity index (χ0n) is 14.2. The SMILES string of the molecule is N#Cc1c(NC(=O)COC(=O)c2ccccc2[N+](=O)[O-])sc2c1CCCC2. The van der Waals surface area contributed by atoms with E-state index in [4.69, 9.17) is 4.74 Å². The number of nitriles is 1. The van der Waals surface area contributed by atoms with Crippen molar-refractivity contribution >= 4 is 33.9 Å². The maximum atomic E-state index is 12.1. The summed E-state index contributed by atoms with van der Waals surface area (Å²) in [5, 5.41) is 23.4. The molecule has 1 aromatic heterocycles. The summed E-state index contributed by atoms with van der Waals surface area (Å²) in [6.07, 6.45) is 3.77. The molecule has 1 aliphatic carbocycles. The lowest BCUT2D eigenvalue weighted by molar-refractivity contribution is -0.385. The number of anilines is 1. The topological polar surface area (TPSA) is 122 Å². The fraction of sp³-hybridized carbons (Fsp3) is 0.278. The molecule has 1 heterocycles. The van der Waals surface area contributed by atoms with Gasteiger partial charge in [0.1, 0.15) is 16.6 Å². The van der Waals surface area contributed by atoms with Gasteiger partial charge >= 0.3 is 5.97 Å². The summed E-state index contributed by atoms with van der Waals surface area (Å²) in [6, 6.07) is 7.49. The lowest BCUT2D eigenvalue weighted by atomic mass is 9.96. The number of nitrogens with zero attached hydrogens (tertiary/aromatic N) is 2. The fourth-order valence-electron chi connectivity index (χ4n) is 2.95. The molecular formula is C18H15N3O5S. The van der Waals surface area contributed by atoms with Gasteiger partial charge in [0.2, 0.25) is 0 Å². The number of ether oxygens (including phenoxy) is 1. The van der Waals surface area contributed by atoms with Crippen molar-refractivity contribution in [1.29, 1.82) is 5.26 Å². The molecule has 0 fully saturated rings. The highest BCUT2D eigenvalue weighted by molar-refractivity contribution is 7.16. The first-order chi connectivity index (χ1) is 13.0. The number of carbonyl (C=O) groups excluding carboxylic acids is 2. The molecule has 0 saturated carbocycles. The number of amides is 1. The smallest absolute Gasteiger partial charge is 0.345 e. The summed E-state index contributed by atoms with van der Waals surface area (Å²) in [7, 11) is 0. The average molecular weight is 385 g/mol. The second kappa shape index (κ2) is 7.97. The van der Waals surface area contributed by atoms with E-state index in [-0.39, 0.29) is 11.3 Å². The van der Waals surface area contributed by atoms with Crippen molar-refractivity contribution in [1.82, 2.24) is 0 Å². The molecule has 1 N–H and O–H groups in total. The van der Waals surface area contributed by atoms with E-state index < -0.39 is 23.4 Å². The maximum absolute atomic E-state index is 12.1. The molecular weight excluding hydrogens is 370 g/mol. The van der Waals surface area contributed by atoms with Crippen LogP contribution in [0.3, 0.4) is 0 Å². The summed E-state index contributed by atoms with van der Waals surface area (Å²) in [5.74, 6) is -1.56. The second-order valence-electron chi connectivity index (χ2n) is 5.93. The largest absolute Gasteiger partial charge is 0.452 e.